The maximum atomic E-state index is 11.7. The van der Waals surface area contributed by atoms with E-state index >= 15 is 0 Å². The van der Waals surface area contributed by atoms with E-state index in [0.717, 1.165) is 71.0 Å². The molecule has 2 rings (SSSR count). The molecule has 6 heteroatoms. The van der Waals surface area contributed by atoms with Crippen LogP contribution in [0.1, 0.15) is 59.8 Å². The number of likely N-dealkylation sites (tertiary alicyclic amines) is 1. The van der Waals surface area contributed by atoms with Gasteiger partial charge in [-0.1, -0.05) is 20.8 Å². The van der Waals surface area contributed by atoms with Crippen LogP contribution in [-0.4, -0.2) is 62.2 Å². The molecule has 2 aliphatic heterocycles. The lowest BCUT2D eigenvalue weighted by Gasteiger charge is -2.39. The monoisotopic (exact) mass is 366 g/mol. The molecule has 0 radical (unpaired) electrons. The molecular formula is C20H38N4O2. The summed E-state index contributed by atoms with van der Waals surface area (Å²) in [6.45, 7) is 13.9. The van der Waals surface area contributed by atoms with Gasteiger partial charge in [-0.2, -0.15) is 0 Å². The number of nitrogens with zero attached hydrogens (tertiary/aromatic N) is 2. The van der Waals surface area contributed by atoms with Crippen LogP contribution in [0.2, 0.25) is 0 Å². The third-order valence-electron chi connectivity index (χ3n) is 5.20. The molecule has 26 heavy (non-hydrogen) atoms. The van der Waals surface area contributed by atoms with Crippen LogP contribution >= 0.6 is 0 Å². The SMILES string of the molecule is CCNC(=NCC1CCCOC1C(C)(C)C)NCCCN1CCCC1=O. The predicted octanol–water partition coefficient (Wildman–Crippen LogP) is 2.40. The van der Waals surface area contributed by atoms with Crippen molar-refractivity contribution in [2.45, 2.75) is 65.9 Å². The van der Waals surface area contributed by atoms with Gasteiger partial charge in [-0.3, -0.25) is 9.79 Å². The summed E-state index contributed by atoms with van der Waals surface area (Å²) < 4.78 is 6.07. The molecule has 2 N–H and O–H groups in total. The van der Waals surface area contributed by atoms with Gasteiger partial charge in [0, 0.05) is 51.7 Å². The largest absolute Gasteiger partial charge is 0.377 e. The van der Waals surface area contributed by atoms with Crippen LogP contribution in [-0.2, 0) is 9.53 Å². The minimum Gasteiger partial charge on any atom is -0.377 e. The molecule has 0 bridgehead atoms. The van der Waals surface area contributed by atoms with Gasteiger partial charge < -0.3 is 20.3 Å². The average molecular weight is 367 g/mol. The fourth-order valence-electron chi connectivity index (χ4n) is 3.95. The summed E-state index contributed by atoms with van der Waals surface area (Å²) in [5.74, 6) is 1.65. The highest BCUT2D eigenvalue weighted by atomic mass is 16.5. The van der Waals surface area contributed by atoms with E-state index in [2.05, 4.69) is 38.3 Å². The van der Waals surface area contributed by atoms with Crippen LogP contribution in [0, 0.1) is 11.3 Å². The van der Waals surface area contributed by atoms with E-state index < -0.39 is 0 Å². The minimum absolute atomic E-state index is 0.147. The number of guanidine groups is 1. The summed E-state index contributed by atoms with van der Waals surface area (Å²) in [6.07, 6.45) is 5.25. The van der Waals surface area contributed by atoms with Gasteiger partial charge >= 0.3 is 0 Å². The summed E-state index contributed by atoms with van der Waals surface area (Å²) in [5, 5.41) is 6.74. The molecule has 0 saturated carbocycles. The van der Waals surface area contributed by atoms with E-state index in [1.807, 2.05) is 4.90 Å². The van der Waals surface area contributed by atoms with Crippen LogP contribution in [0.4, 0.5) is 0 Å². The van der Waals surface area contributed by atoms with Gasteiger partial charge in [0.15, 0.2) is 5.96 Å². The quantitative estimate of drug-likeness (QED) is 0.412. The Labute approximate surface area is 159 Å². The smallest absolute Gasteiger partial charge is 0.222 e. The fourth-order valence-corrected chi connectivity index (χ4v) is 3.95. The third kappa shape index (κ3) is 6.45. The van der Waals surface area contributed by atoms with Gasteiger partial charge in [-0.05, 0) is 38.0 Å². The molecule has 2 unspecified atom stereocenters. The molecule has 2 heterocycles. The maximum absolute atomic E-state index is 11.7. The second kappa shape index (κ2) is 10.1. The normalized spacial score (nSPS) is 24.8. The highest BCUT2D eigenvalue weighted by Crippen LogP contribution is 2.34. The molecule has 0 aromatic heterocycles. The van der Waals surface area contributed by atoms with Crippen molar-refractivity contribution in [3.05, 3.63) is 0 Å². The van der Waals surface area contributed by atoms with E-state index in [9.17, 15) is 4.79 Å². The topological polar surface area (TPSA) is 66.0 Å². The molecule has 2 fully saturated rings. The number of carbonyl (C=O) groups is 1. The Morgan fingerprint density at radius 3 is 2.77 bits per heavy atom. The average Bonchev–Trinajstić information content (AvgIpc) is 3.01. The van der Waals surface area contributed by atoms with Crippen molar-refractivity contribution in [2.24, 2.45) is 16.3 Å². The molecule has 0 aromatic rings. The molecule has 150 valence electrons. The second-order valence-corrected chi connectivity index (χ2v) is 8.54. The zero-order valence-corrected chi connectivity index (χ0v) is 17.1. The van der Waals surface area contributed by atoms with Gasteiger partial charge in [0.05, 0.1) is 6.10 Å². The number of ether oxygens (including phenoxy) is 1. The minimum atomic E-state index is 0.147. The van der Waals surface area contributed by atoms with Crippen molar-refractivity contribution in [1.29, 1.82) is 0 Å². The van der Waals surface area contributed by atoms with Crippen LogP contribution < -0.4 is 10.6 Å². The number of amides is 1. The lowest BCUT2D eigenvalue weighted by molar-refractivity contribution is -0.127. The summed E-state index contributed by atoms with van der Waals surface area (Å²) in [4.78, 5) is 18.4. The van der Waals surface area contributed by atoms with Gasteiger partial charge in [-0.15, -0.1) is 0 Å². The molecule has 0 spiro atoms. The molecule has 2 aliphatic rings. The van der Waals surface area contributed by atoms with Crippen molar-refractivity contribution in [1.82, 2.24) is 15.5 Å². The number of rotatable bonds is 7. The van der Waals surface area contributed by atoms with Gasteiger partial charge in [-0.25, -0.2) is 0 Å². The van der Waals surface area contributed by atoms with Crippen LogP contribution in [0.15, 0.2) is 4.99 Å². The zero-order valence-electron chi connectivity index (χ0n) is 17.1. The van der Waals surface area contributed by atoms with E-state index in [-0.39, 0.29) is 11.5 Å². The summed E-state index contributed by atoms with van der Waals surface area (Å²) in [7, 11) is 0. The Balaban J connectivity index is 1.80. The Kier molecular flexibility index (Phi) is 8.19. The third-order valence-corrected chi connectivity index (χ3v) is 5.20. The van der Waals surface area contributed by atoms with E-state index in [0.29, 0.717) is 11.8 Å². The van der Waals surface area contributed by atoms with Gasteiger partial charge in [0.2, 0.25) is 5.91 Å². The molecule has 6 nitrogen and oxygen atoms in total. The first-order valence-corrected chi connectivity index (χ1v) is 10.3. The van der Waals surface area contributed by atoms with E-state index in [1.165, 1.54) is 6.42 Å². The molecule has 2 saturated heterocycles. The fraction of sp³-hybridized carbons (Fsp3) is 0.900. The standard InChI is InChI=1S/C20H38N4O2/c1-5-21-19(22-11-8-13-24-12-6-10-17(24)25)23-15-16-9-7-14-26-18(16)20(2,3)4/h16,18H,5-15H2,1-4H3,(H2,21,22,23). The lowest BCUT2D eigenvalue weighted by atomic mass is 9.78. The maximum Gasteiger partial charge on any atom is 0.222 e. The molecular weight excluding hydrogens is 328 g/mol. The molecule has 2 atom stereocenters. The lowest BCUT2D eigenvalue weighted by Crippen LogP contribution is -2.43. The first kappa shape index (κ1) is 21.0. The van der Waals surface area contributed by atoms with Crippen LogP contribution in [0.3, 0.4) is 0 Å². The summed E-state index contributed by atoms with van der Waals surface area (Å²) >= 11 is 0. The Bertz CT molecular complexity index is 473. The van der Waals surface area contributed by atoms with Crippen molar-refractivity contribution < 1.29 is 9.53 Å². The van der Waals surface area contributed by atoms with Crippen molar-refractivity contribution in [2.75, 3.05) is 39.3 Å². The number of hydrogen-bond acceptors (Lipinski definition) is 3. The van der Waals surface area contributed by atoms with Crippen LogP contribution in [0.5, 0.6) is 0 Å². The van der Waals surface area contributed by atoms with Crippen molar-refractivity contribution >= 4 is 11.9 Å². The van der Waals surface area contributed by atoms with Crippen LogP contribution in [0.25, 0.3) is 0 Å². The first-order valence-electron chi connectivity index (χ1n) is 10.3. The van der Waals surface area contributed by atoms with Crippen molar-refractivity contribution in [3.8, 4) is 0 Å². The molecule has 1 amide bonds. The highest BCUT2D eigenvalue weighted by Gasteiger charge is 2.35. The number of nitrogens with one attached hydrogen (secondary N) is 2. The molecule has 0 aliphatic carbocycles. The van der Waals surface area contributed by atoms with Gasteiger partial charge in [0.1, 0.15) is 0 Å². The second-order valence-electron chi connectivity index (χ2n) is 8.54. The number of hydrogen-bond donors (Lipinski definition) is 2. The number of carbonyl (C=O) groups excluding carboxylic acids is 1. The Morgan fingerprint density at radius 2 is 2.12 bits per heavy atom. The first-order chi connectivity index (χ1) is 12.4. The summed E-state index contributed by atoms with van der Waals surface area (Å²) in [6, 6.07) is 0. The zero-order chi connectivity index (χ0) is 19.0. The highest BCUT2D eigenvalue weighted by molar-refractivity contribution is 5.79. The Hall–Kier alpha value is -1.30. The number of aliphatic imine (C=N–C) groups is 1. The molecule has 0 aromatic carbocycles. The van der Waals surface area contributed by atoms with E-state index in [4.69, 9.17) is 9.73 Å². The predicted molar refractivity (Wildman–Crippen MR) is 106 cm³/mol. The van der Waals surface area contributed by atoms with Crippen molar-refractivity contribution in [3.63, 3.8) is 0 Å². The van der Waals surface area contributed by atoms with Gasteiger partial charge in [0.25, 0.3) is 0 Å². The Morgan fingerprint density at radius 1 is 1.31 bits per heavy atom. The summed E-state index contributed by atoms with van der Waals surface area (Å²) in [5.41, 5.74) is 0.147. The van der Waals surface area contributed by atoms with E-state index in [1.54, 1.807) is 0 Å².